The summed E-state index contributed by atoms with van der Waals surface area (Å²) in [6.07, 6.45) is 0.299. The van der Waals surface area contributed by atoms with E-state index in [0.29, 0.717) is 6.42 Å². The maximum atomic E-state index is 12.3. The van der Waals surface area contributed by atoms with Gasteiger partial charge >= 0.3 is 0 Å². The number of hydrogen-bond donors (Lipinski definition) is 1. The smallest absolute Gasteiger partial charge is 0.230 e. The van der Waals surface area contributed by atoms with Crippen LogP contribution in [0.4, 0.5) is 5.69 Å². The molecule has 3 aromatic rings. The molecule has 0 unspecified atom stereocenters. The second-order valence-electron chi connectivity index (χ2n) is 5.65. The number of carbonyl (C=O) groups excluding carboxylic acids is 1. The average Bonchev–Trinajstić information content (AvgIpc) is 3.13. The minimum atomic E-state index is -0.0257. The summed E-state index contributed by atoms with van der Waals surface area (Å²) < 4.78 is 0. The Morgan fingerprint density at radius 1 is 1.17 bits per heavy atom. The van der Waals surface area contributed by atoms with Gasteiger partial charge in [-0.05, 0) is 43.3 Å². The van der Waals surface area contributed by atoms with E-state index < -0.39 is 0 Å². The van der Waals surface area contributed by atoms with Gasteiger partial charge in [0.25, 0.3) is 0 Å². The SMILES string of the molecule is Cc1cc(C)c(NC(=O)Cc2csc(-c3ccsc3)n2)c(C)c1. The lowest BCUT2D eigenvalue weighted by molar-refractivity contribution is -0.115. The summed E-state index contributed by atoms with van der Waals surface area (Å²) in [5, 5.41) is 10.1. The number of anilines is 1. The van der Waals surface area contributed by atoms with E-state index in [4.69, 9.17) is 0 Å². The second-order valence-corrected chi connectivity index (χ2v) is 7.29. The summed E-state index contributed by atoms with van der Waals surface area (Å²) in [5.41, 5.74) is 6.24. The Bertz CT molecular complexity index is 812. The minimum Gasteiger partial charge on any atom is -0.325 e. The monoisotopic (exact) mass is 342 g/mol. The van der Waals surface area contributed by atoms with E-state index in [1.54, 1.807) is 22.7 Å². The molecule has 2 aromatic heterocycles. The summed E-state index contributed by atoms with van der Waals surface area (Å²) in [6.45, 7) is 6.10. The molecule has 0 aliphatic rings. The molecule has 0 bridgehead atoms. The summed E-state index contributed by atoms with van der Waals surface area (Å²) in [6, 6.07) is 6.21. The van der Waals surface area contributed by atoms with Gasteiger partial charge in [-0.1, -0.05) is 17.7 Å². The molecule has 5 heteroatoms. The number of benzene rings is 1. The quantitative estimate of drug-likeness (QED) is 0.726. The molecule has 0 aliphatic carbocycles. The number of nitrogens with one attached hydrogen (secondary N) is 1. The van der Waals surface area contributed by atoms with Crippen LogP contribution in [0.1, 0.15) is 22.4 Å². The first-order chi connectivity index (χ1) is 11.0. The first-order valence-electron chi connectivity index (χ1n) is 7.37. The summed E-state index contributed by atoms with van der Waals surface area (Å²) in [7, 11) is 0. The van der Waals surface area contributed by atoms with Gasteiger partial charge in [0, 0.05) is 22.0 Å². The number of thiophene rings is 1. The van der Waals surface area contributed by atoms with Crippen LogP contribution in [-0.4, -0.2) is 10.9 Å². The summed E-state index contributed by atoms with van der Waals surface area (Å²) in [4.78, 5) is 16.9. The van der Waals surface area contributed by atoms with E-state index in [0.717, 1.165) is 33.1 Å². The molecular formula is C18H18N2OS2. The predicted octanol–water partition coefficient (Wildman–Crippen LogP) is 4.98. The molecule has 2 heterocycles. The highest BCUT2D eigenvalue weighted by Gasteiger charge is 2.12. The lowest BCUT2D eigenvalue weighted by Crippen LogP contribution is -2.16. The Kier molecular flexibility index (Phi) is 4.59. The molecule has 1 amide bonds. The molecule has 3 nitrogen and oxygen atoms in total. The first-order valence-corrected chi connectivity index (χ1v) is 9.20. The van der Waals surface area contributed by atoms with E-state index in [1.807, 2.05) is 30.7 Å². The van der Waals surface area contributed by atoms with Crippen LogP contribution in [0.2, 0.25) is 0 Å². The topological polar surface area (TPSA) is 42.0 Å². The van der Waals surface area contributed by atoms with Gasteiger partial charge < -0.3 is 5.32 Å². The fraction of sp³-hybridized carbons (Fsp3) is 0.222. The molecule has 0 saturated heterocycles. The lowest BCUT2D eigenvalue weighted by Gasteiger charge is -2.12. The van der Waals surface area contributed by atoms with Gasteiger partial charge in [-0.25, -0.2) is 4.98 Å². The highest BCUT2D eigenvalue weighted by atomic mass is 32.1. The van der Waals surface area contributed by atoms with E-state index in [-0.39, 0.29) is 5.91 Å². The van der Waals surface area contributed by atoms with Gasteiger partial charge in [0.2, 0.25) is 5.91 Å². The molecule has 0 spiro atoms. The van der Waals surface area contributed by atoms with Crippen molar-refractivity contribution in [1.29, 1.82) is 0 Å². The van der Waals surface area contributed by atoms with E-state index in [2.05, 4.69) is 34.7 Å². The van der Waals surface area contributed by atoms with E-state index in [9.17, 15) is 4.79 Å². The van der Waals surface area contributed by atoms with Crippen molar-refractivity contribution in [3.05, 3.63) is 56.7 Å². The van der Waals surface area contributed by atoms with Crippen LogP contribution in [0, 0.1) is 20.8 Å². The molecule has 0 aliphatic heterocycles. The Morgan fingerprint density at radius 3 is 2.57 bits per heavy atom. The number of rotatable bonds is 4. The molecule has 0 fully saturated rings. The van der Waals surface area contributed by atoms with Crippen LogP contribution in [0.3, 0.4) is 0 Å². The van der Waals surface area contributed by atoms with Gasteiger partial charge in [0.1, 0.15) is 5.01 Å². The summed E-state index contributed by atoms with van der Waals surface area (Å²) in [5.74, 6) is -0.0257. The zero-order valence-electron chi connectivity index (χ0n) is 13.3. The fourth-order valence-corrected chi connectivity index (χ4v) is 4.16. The van der Waals surface area contributed by atoms with Crippen LogP contribution in [0.5, 0.6) is 0 Å². The molecule has 0 saturated carbocycles. The lowest BCUT2D eigenvalue weighted by atomic mass is 10.0. The number of carbonyl (C=O) groups is 1. The standard InChI is InChI=1S/C18H18N2OS2/c1-11-6-12(2)17(13(3)7-11)20-16(21)8-15-10-23-18(19-15)14-4-5-22-9-14/h4-7,9-10H,8H2,1-3H3,(H,20,21). The highest BCUT2D eigenvalue weighted by Crippen LogP contribution is 2.26. The molecule has 1 N–H and O–H groups in total. The Morgan fingerprint density at radius 2 is 1.91 bits per heavy atom. The van der Waals surface area contributed by atoms with Crippen LogP contribution < -0.4 is 5.32 Å². The molecule has 1 aromatic carbocycles. The number of amides is 1. The normalized spacial score (nSPS) is 10.7. The van der Waals surface area contributed by atoms with Crippen molar-refractivity contribution in [2.24, 2.45) is 0 Å². The van der Waals surface area contributed by atoms with Crippen molar-refractivity contribution in [2.45, 2.75) is 27.2 Å². The number of nitrogens with zero attached hydrogens (tertiary/aromatic N) is 1. The largest absolute Gasteiger partial charge is 0.325 e. The van der Waals surface area contributed by atoms with Crippen molar-refractivity contribution in [1.82, 2.24) is 4.98 Å². The fourth-order valence-electron chi connectivity index (χ4n) is 2.63. The molecule has 118 valence electrons. The highest BCUT2D eigenvalue weighted by molar-refractivity contribution is 7.14. The maximum absolute atomic E-state index is 12.3. The number of hydrogen-bond acceptors (Lipinski definition) is 4. The number of thiazole rings is 1. The van der Waals surface area contributed by atoms with Crippen LogP contribution in [0.15, 0.2) is 34.3 Å². The van der Waals surface area contributed by atoms with Crippen molar-refractivity contribution < 1.29 is 4.79 Å². The van der Waals surface area contributed by atoms with Crippen molar-refractivity contribution in [3.8, 4) is 10.6 Å². The second kappa shape index (κ2) is 6.64. The molecule has 23 heavy (non-hydrogen) atoms. The van der Waals surface area contributed by atoms with Gasteiger partial charge in [0.15, 0.2) is 0 Å². The number of aromatic nitrogens is 1. The van der Waals surface area contributed by atoms with E-state index in [1.165, 1.54) is 5.56 Å². The van der Waals surface area contributed by atoms with Crippen LogP contribution in [-0.2, 0) is 11.2 Å². The minimum absolute atomic E-state index is 0.0257. The Labute approximate surface area is 144 Å². The van der Waals surface area contributed by atoms with Crippen molar-refractivity contribution >= 4 is 34.3 Å². The molecule has 0 atom stereocenters. The van der Waals surface area contributed by atoms with Gasteiger partial charge in [-0.15, -0.1) is 11.3 Å². The van der Waals surface area contributed by atoms with Crippen LogP contribution in [0.25, 0.3) is 10.6 Å². The average molecular weight is 342 g/mol. The van der Waals surface area contributed by atoms with E-state index >= 15 is 0 Å². The first kappa shape index (κ1) is 15.9. The third-order valence-corrected chi connectivity index (χ3v) is 5.23. The third kappa shape index (κ3) is 3.68. The van der Waals surface area contributed by atoms with Gasteiger partial charge in [0.05, 0.1) is 12.1 Å². The van der Waals surface area contributed by atoms with Gasteiger partial charge in [-0.2, -0.15) is 11.3 Å². The molecule has 3 rings (SSSR count). The van der Waals surface area contributed by atoms with Gasteiger partial charge in [-0.3, -0.25) is 4.79 Å². The zero-order chi connectivity index (χ0) is 16.4. The maximum Gasteiger partial charge on any atom is 0.230 e. The van der Waals surface area contributed by atoms with Crippen molar-refractivity contribution in [3.63, 3.8) is 0 Å². The predicted molar refractivity (Wildman–Crippen MR) is 98.4 cm³/mol. The zero-order valence-corrected chi connectivity index (χ0v) is 15.0. The van der Waals surface area contributed by atoms with Crippen molar-refractivity contribution in [2.75, 3.05) is 5.32 Å². The molecular weight excluding hydrogens is 324 g/mol. The Hall–Kier alpha value is -1.98. The summed E-state index contributed by atoms with van der Waals surface area (Å²) >= 11 is 3.23. The number of aryl methyl sites for hydroxylation is 3. The molecule has 0 radical (unpaired) electrons. The van der Waals surface area contributed by atoms with Crippen LogP contribution >= 0.6 is 22.7 Å². The Balaban J connectivity index is 1.71. The third-order valence-electron chi connectivity index (χ3n) is 3.60.